The monoisotopic (exact) mass is 379 g/mol. The molecule has 1 N–H and O–H groups in total. The number of carbonyl (C=O) groups is 2. The molecule has 2 amide bonds. The lowest BCUT2D eigenvalue weighted by Gasteiger charge is -2.33. The van der Waals surface area contributed by atoms with Crippen LogP contribution >= 0.6 is 11.3 Å². The van der Waals surface area contributed by atoms with Gasteiger partial charge in [-0.25, -0.2) is 4.98 Å². The first-order valence-electron chi connectivity index (χ1n) is 9.63. The van der Waals surface area contributed by atoms with Gasteiger partial charge >= 0.3 is 0 Å². The van der Waals surface area contributed by atoms with E-state index in [0.29, 0.717) is 25.7 Å². The van der Waals surface area contributed by atoms with Crippen molar-refractivity contribution in [1.82, 2.24) is 15.2 Å². The van der Waals surface area contributed by atoms with E-state index in [1.807, 2.05) is 18.7 Å². The van der Waals surface area contributed by atoms with E-state index in [1.165, 1.54) is 0 Å². The number of likely N-dealkylation sites (tertiary alicyclic amines) is 1. The largest absolute Gasteiger partial charge is 0.381 e. The topological polar surface area (TPSA) is 71.5 Å². The van der Waals surface area contributed by atoms with Crippen LogP contribution in [0.2, 0.25) is 0 Å². The van der Waals surface area contributed by atoms with Gasteiger partial charge in [-0.3, -0.25) is 9.59 Å². The molecule has 6 nitrogen and oxygen atoms in total. The molecule has 0 saturated carbocycles. The Hall–Kier alpha value is -1.47. The third-order valence-electron chi connectivity index (χ3n) is 5.14. The molecule has 7 heteroatoms. The Kier molecular flexibility index (Phi) is 6.64. The van der Waals surface area contributed by atoms with Crippen LogP contribution in [0.5, 0.6) is 0 Å². The minimum atomic E-state index is 0.0111. The average Bonchev–Trinajstić information content (AvgIpc) is 3.33. The van der Waals surface area contributed by atoms with Crippen LogP contribution in [0.4, 0.5) is 0 Å². The fourth-order valence-corrected chi connectivity index (χ4v) is 4.49. The highest BCUT2D eigenvalue weighted by atomic mass is 32.1. The van der Waals surface area contributed by atoms with E-state index in [-0.39, 0.29) is 23.7 Å². The first-order valence-corrected chi connectivity index (χ1v) is 10.5. The zero-order valence-electron chi connectivity index (χ0n) is 15.7. The van der Waals surface area contributed by atoms with Gasteiger partial charge in [0.2, 0.25) is 11.8 Å². The first-order chi connectivity index (χ1) is 12.5. The molecule has 144 valence electrons. The van der Waals surface area contributed by atoms with Gasteiger partial charge in [0.15, 0.2) is 0 Å². The predicted octanol–water partition coefficient (Wildman–Crippen LogP) is 2.20. The van der Waals surface area contributed by atoms with E-state index in [9.17, 15) is 9.59 Å². The van der Waals surface area contributed by atoms with Crippen molar-refractivity contribution < 1.29 is 14.3 Å². The molecule has 1 aromatic heterocycles. The van der Waals surface area contributed by atoms with Crippen LogP contribution in [-0.4, -0.2) is 54.5 Å². The number of nitrogens with one attached hydrogen (secondary N) is 1. The average molecular weight is 380 g/mol. The maximum atomic E-state index is 12.6. The lowest BCUT2D eigenvalue weighted by atomic mass is 9.97. The molecule has 0 radical (unpaired) electrons. The Labute approximate surface area is 159 Å². The summed E-state index contributed by atoms with van der Waals surface area (Å²) in [6.45, 7) is 7.31. The van der Waals surface area contributed by atoms with Gasteiger partial charge in [0, 0.05) is 49.9 Å². The second-order valence-corrected chi connectivity index (χ2v) is 8.45. The summed E-state index contributed by atoms with van der Waals surface area (Å²) >= 11 is 1.68. The summed E-state index contributed by atoms with van der Waals surface area (Å²) < 4.78 is 5.37. The summed E-state index contributed by atoms with van der Waals surface area (Å²) in [5.74, 6) is 0.722. The van der Waals surface area contributed by atoms with Crippen molar-refractivity contribution in [2.24, 2.45) is 11.8 Å². The Morgan fingerprint density at radius 1 is 1.42 bits per heavy atom. The summed E-state index contributed by atoms with van der Waals surface area (Å²) in [4.78, 5) is 31.0. The van der Waals surface area contributed by atoms with E-state index in [4.69, 9.17) is 9.72 Å². The molecule has 0 aromatic carbocycles. The maximum Gasteiger partial charge on any atom is 0.228 e. The van der Waals surface area contributed by atoms with Gasteiger partial charge in [-0.2, -0.15) is 0 Å². The van der Waals surface area contributed by atoms with E-state index >= 15 is 0 Å². The molecular weight excluding hydrogens is 350 g/mol. The molecule has 2 aliphatic heterocycles. The number of amides is 2. The van der Waals surface area contributed by atoms with Gasteiger partial charge in [-0.05, 0) is 19.3 Å². The number of carbonyl (C=O) groups excluding carboxylic acids is 2. The number of rotatable bonds is 6. The summed E-state index contributed by atoms with van der Waals surface area (Å²) in [6, 6.07) is 0. The molecular formula is C19H29N3O3S. The quantitative estimate of drug-likeness (QED) is 0.822. The van der Waals surface area contributed by atoms with Crippen LogP contribution < -0.4 is 5.32 Å². The van der Waals surface area contributed by atoms with Crippen LogP contribution in [0.25, 0.3) is 0 Å². The SMILES string of the molecule is CC(C)C(=O)NCCc1csc(C2CCCN(C(=O)C3CCOC3)C2)n1. The lowest BCUT2D eigenvalue weighted by Crippen LogP contribution is -2.42. The van der Waals surface area contributed by atoms with Crippen molar-refractivity contribution in [2.75, 3.05) is 32.8 Å². The van der Waals surface area contributed by atoms with Crippen molar-refractivity contribution in [1.29, 1.82) is 0 Å². The van der Waals surface area contributed by atoms with Gasteiger partial charge in [0.1, 0.15) is 0 Å². The minimum absolute atomic E-state index is 0.0111. The summed E-state index contributed by atoms with van der Waals surface area (Å²) in [7, 11) is 0. The van der Waals surface area contributed by atoms with E-state index in [2.05, 4.69) is 10.7 Å². The molecule has 3 rings (SSSR count). The maximum absolute atomic E-state index is 12.6. The second-order valence-electron chi connectivity index (χ2n) is 7.56. The van der Waals surface area contributed by atoms with Gasteiger partial charge in [0.05, 0.1) is 23.2 Å². The standard InChI is InChI=1S/C19H29N3O3S/c1-13(2)17(23)20-7-5-16-12-26-18(21-16)14-4-3-8-22(10-14)19(24)15-6-9-25-11-15/h12-15H,3-11H2,1-2H3,(H,20,23). The van der Waals surface area contributed by atoms with Gasteiger partial charge in [-0.1, -0.05) is 13.8 Å². The lowest BCUT2D eigenvalue weighted by molar-refractivity contribution is -0.136. The minimum Gasteiger partial charge on any atom is -0.381 e. The normalized spacial score (nSPS) is 23.4. The Bertz CT molecular complexity index is 625. The molecule has 2 aliphatic rings. The fraction of sp³-hybridized carbons (Fsp3) is 0.737. The molecule has 1 aromatic rings. The molecule has 0 aliphatic carbocycles. The second kappa shape index (κ2) is 8.95. The third-order valence-corrected chi connectivity index (χ3v) is 6.19. The molecule has 26 heavy (non-hydrogen) atoms. The fourth-order valence-electron chi connectivity index (χ4n) is 3.51. The van der Waals surface area contributed by atoms with E-state index in [0.717, 1.165) is 49.5 Å². The summed E-state index contributed by atoms with van der Waals surface area (Å²) in [5.41, 5.74) is 1.03. The number of nitrogens with zero attached hydrogens (tertiary/aromatic N) is 2. The van der Waals surface area contributed by atoms with E-state index < -0.39 is 0 Å². The first kappa shape index (κ1) is 19.3. The molecule has 2 fully saturated rings. The zero-order valence-corrected chi connectivity index (χ0v) is 16.5. The summed E-state index contributed by atoms with van der Waals surface area (Å²) in [5, 5.41) is 6.14. The Morgan fingerprint density at radius 2 is 2.27 bits per heavy atom. The smallest absolute Gasteiger partial charge is 0.228 e. The van der Waals surface area contributed by atoms with Crippen LogP contribution in [0.1, 0.15) is 49.7 Å². The van der Waals surface area contributed by atoms with Gasteiger partial charge < -0.3 is 15.0 Å². The Morgan fingerprint density at radius 3 is 3.00 bits per heavy atom. The van der Waals surface area contributed by atoms with Gasteiger partial charge in [-0.15, -0.1) is 11.3 Å². The van der Waals surface area contributed by atoms with Crippen LogP contribution in [-0.2, 0) is 20.7 Å². The van der Waals surface area contributed by atoms with Crippen molar-refractivity contribution >= 4 is 23.2 Å². The van der Waals surface area contributed by atoms with Crippen molar-refractivity contribution in [3.05, 3.63) is 16.1 Å². The highest BCUT2D eigenvalue weighted by Gasteiger charge is 2.32. The zero-order chi connectivity index (χ0) is 18.5. The van der Waals surface area contributed by atoms with Gasteiger partial charge in [0.25, 0.3) is 0 Å². The third kappa shape index (κ3) is 4.82. The number of aromatic nitrogens is 1. The predicted molar refractivity (Wildman–Crippen MR) is 101 cm³/mol. The summed E-state index contributed by atoms with van der Waals surface area (Å²) in [6.07, 6.45) is 3.72. The van der Waals surface area contributed by atoms with Crippen LogP contribution in [0.3, 0.4) is 0 Å². The van der Waals surface area contributed by atoms with Crippen LogP contribution in [0.15, 0.2) is 5.38 Å². The highest BCUT2D eigenvalue weighted by Crippen LogP contribution is 2.30. The number of piperidine rings is 1. The van der Waals surface area contributed by atoms with Crippen LogP contribution in [0, 0.1) is 11.8 Å². The van der Waals surface area contributed by atoms with Crippen molar-refractivity contribution in [3.63, 3.8) is 0 Å². The number of thiazole rings is 1. The number of hydrogen-bond acceptors (Lipinski definition) is 5. The Balaban J connectivity index is 1.51. The van der Waals surface area contributed by atoms with Crippen molar-refractivity contribution in [2.45, 2.75) is 45.4 Å². The molecule has 3 heterocycles. The molecule has 2 saturated heterocycles. The molecule has 0 spiro atoms. The number of hydrogen-bond donors (Lipinski definition) is 1. The molecule has 2 unspecified atom stereocenters. The highest BCUT2D eigenvalue weighted by molar-refractivity contribution is 7.09. The molecule has 0 bridgehead atoms. The van der Waals surface area contributed by atoms with Crippen molar-refractivity contribution in [3.8, 4) is 0 Å². The molecule has 2 atom stereocenters. The van der Waals surface area contributed by atoms with E-state index in [1.54, 1.807) is 11.3 Å². The number of ether oxygens (including phenoxy) is 1.